The molecule has 0 saturated carbocycles. The first-order chi connectivity index (χ1) is 35.2. The Balaban J connectivity index is 0.879. The van der Waals surface area contributed by atoms with Gasteiger partial charge in [-0.1, -0.05) is 182 Å². The molecule has 328 valence electrons. The topological polar surface area (TPSA) is 56.5 Å². The summed E-state index contributed by atoms with van der Waals surface area (Å²) in [5, 5.41) is 14.0. The van der Waals surface area contributed by atoms with Gasteiger partial charge < -0.3 is 4.57 Å². The molecular formula is C66H39N5. The highest BCUT2D eigenvalue weighted by Crippen LogP contribution is 2.41. The third-order valence-corrected chi connectivity index (χ3v) is 14.6. The van der Waals surface area contributed by atoms with Gasteiger partial charge >= 0.3 is 0 Å². The minimum Gasteiger partial charge on any atom is -0.309 e. The van der Waals surface area contributed by atoms with Crippen molar-refractivity contribution in [3.05, 3.63) is 237 Å². The summed E-state index contributed by atoms with van der Waals surface area (Å²) in [6.45, 7) is 0. The van der Waals surface area contributed by atoms with E-state index in [1.807, 2.05) is 12.4 Å². The lowest BCUT2D eigenvalue weighted by atomic mass is 9.97. The predicted octanol–water partition coefficient (Wildman–Crippen LogP) is 17.1. The maximum atomic E-state index is 5.34. The fourth-order valence-electron chi connectivity index (χ4n) is 11.3. The summed E-state index contributed by atoms with van der Waals surface area (Å²) < 4.78 is 2.44. The Kier molecular flexibility index (Phi) is 8.59. The molecule has 5 nitrogen and oxygen atoms in total. The van der Waals surface area contributed by atoms with Crippen LogP contribution in [0.5, 0.6) is 0 Å². The van der Waals surface area contributed by atoms with Crippen LogP contribution in [0.15, 0.2) is 237 Å². The molecule has 0 atom stereocenters. The summed E-state index contributed by atoms with van der Waals surface area (Å²) in [6, 6.07) is 80.6. The van der Waals surface area contributed by atoms with Crippen LogP contribution in [0.2, 0.25) is 0 Å². The Morgan fingerprint density at radius 3 is 1.10 bits per heavy atom. The van der Waals surface area contributed by atoms with Gasteiger partial charge in [0, 0.05) is 48.8 Å². The van der Waals surface area contributed by atoms with Crippen LogP contribution in [0.4, 0.5) is 0 Å². The van der Waals surface area contributed by atoms with E-state index in [2.05, 4.69) is 229 Å². The SMILES string of the molecule is c1cc(-c2ccc3c(c2)c2cc(-c4cccc(-c5cnc6c7ccccc7c7ccccc7c6n5)c4)ccc2n3-c2cccc3ccccc23)cc(-c2cnc3c4ccccc4c4ccccc4c3n2)c1. The van der Waals surface area contributed by atoms with Crippen LogP contribution >= 0.6 is 0 Å². The zero-order valence-electron chi connectivity index (χ0n) is 38.3. The second-order valence-corrected chi connectivity index (χ2v) is 18.5. The molecule has 0 N–H and O–H groups in total. The molecule has 15 rings (SSSR count). The van der Waals surface area contributed by atoms with Crippen molar-refractivity contribution in [2.75, 3.05) is 0 Å². The number of nitrogens with zero attached hydrogens (tertiary/aromatic N) is 5. The van der Waals surface area contributed by atoms with Crippen LogP contribution in [0.25, 0.3) is 148 Å². The third kappa shape index (κ3) is 6.13. The van der Waals surface area contributed by atoms with E-state index in [0.29, 0.717) is 0 Å². The number of hydrogen-bond acceptors (Lipinski definition) is 4. The Labute approximate surface area is 407 Å². The molecule has 0 spiro atoms. The van der Waals surface area contributed by atoms with E-state index in [4.69, 9.17) is 19.9 Å². The Morgan fingerprint density at radius 2 is 0.620 bits per heavy atom. The van der Waals surface area contributed by atoms with Crippen molar-refractivity contribution in [3.8, 4) is 50.5 Å². The summed E-state index contributed by atoms with van der Waals surface area (Å²) in [5.74, 6) is 0. The van der Waals surface area contributed by atoms with E-state index in [9.17, 15) is 0 Å². The van der Waals surface area contributed by atoms with Gasteiger partial charge in [0.15, 0.2) is 0 Å². The molecule has 0 fully saturated rings. The minimum absolute atomic E-state index is 0.844. The monoisotopic (exact) mass is 901 g/mol. The first kappa shape index (κ1) is 39.4. The second kappa shape index (κ2) is 15.5. The van der Waals surface area contributed by atoms with Crippen LogP contribution in [-0.2, 0) is 0 Å². The molecule has 0 bridgehead atoms. The van der Waals surface area contributed by atoms with E-state index in [1.165, 1.54) is 43.1 Å². The maximum Gasteiger partial charge on any atom is 0.0979 e. The summed E-state index contributed by atoms with van der Waals surface area (Å²) in [4.78, 5) is 20.8. The highest BCUT2D eigenvalue weighted by Gasteiger charge is 2.19. The van der Waals surface area contributed by atoms with Crippen LogP contribution in [0.1, 0.15) is 0 Å². The van der Waals surface area contributed by atoms with Gasteiger partial charge in [-0.3, -0.25) is 9.97 Å². The molecule has 0 unspecified atom stereocenters. The van der Waals surface area contributed by atoms with Gasteiger partial charge in [-0.05, 0) is 91.6 Å². The average molecular weight is 902 g/mol. The van der Waals surface area contributed by atoms with Crippen molar-refractivity contribution >= 4 is 97.7 Å². The largest absolute Gasteiger partial charge is 0.309 e. The van der Waals surface area contributed by atoms with Crippen molar-refractivity contribution in [2.24, 2.45) is 0 Å². The lowest BCUT2D eigenvalue weighted by Crippen LogP contribution is -1.95. The van der Waals surface area contributed by atoms with Gasteiger partial charge in [-0.25, -0.2) is 9.97 Å². The van der Waals surface area contributed by atoms with Crippen molar-refractivity contribution in [1.82, 2.24) is 24.5 Å². The number of rotatable bonds is 5. The Bertz CT molecular complexity index is 4390. The van der Waals surface area contributed by atoms with Gasteiger partial charge in [0.25, 0.3) is 0 Å². The smallest absolute Gasteiger partial charge is 0.0979 e. The van der Waals surface area contributed by atoms with Gasteiger partial charge in [-0.15, -0.1) is 0 Å². The highest BCUT2D eigenvalue weighted by molar-refractivity contribution is 6.24. The maximum absolute atomic E-state index is 5.34. The average Bonchev–Trinajstić information content (AvgIpc) is 3.78. The first-order valence-corrected chi connectivity index (χ1v) is 24.1. The van der Waals surface area contributed by atoms with E-state index in [1.54, 1.807) is 0 Å². The Morgan fingerprint density at radius 1 is 0.254 bits per heavy atom. The number of benzene rings is 12. The predicted molar refractivity (Wildman–Crippen MR) is 296 cm³/mol. The van der Waals surface area contributed by atoms with Gasteiger partial charge in [0.1, 0.15) is 0 Å². The van der Waals surface area contributed by atoms with E-state index in [-0.39, 0.29) is 0 Å². The number of aromatic nitrogens is 5. The van der Waals surface area contributed by atoms with Crippen LogP contribution in [0, 0.1) is 0 Å². The normalized spacial score (nSPS) is 11.9. The molecule has 0 aliphatic heterocycles. The van der Waals surface area contributed by atoms with Gasteiger partial charge in [-0.2, -0.15) is 0 Å². The molecule has 0 saturated heterocycles. The Hall–Kier alpha value is -9.58. The zero-order chi connectivity index (χ0) is 46.6. The zero-order valence-corrected chi connectivity index (χ0v) is 38.3. The lowest BCUT2D eigenvalue weighted by Gasteiger charge is -2.12. The molecule has 0 aliphatic rings. The summed E-state index contributed by atoms with van der Waals surface area (Å²) in [6.07, 6.45) is 3.85. The highest BCUT2D eigenvalue weighted by atomic mass is 15.0. The quantitative estimate of drug-likeness (QED) is 0.162. The summed E-state index contributed by atoms with van der Waals surface area (Å²) in [5.41, 5.74) is 15.3. The van der Waals surface area contributed by atoms with Crippen LogP contribution in [0.3, 0.4) is 0 Å². The fraction of sp³-hybridized carbons (Fsp3) is 0. The van der Waals surface area contributed by atoms with Crippen LogP contribution < -0.4 is 0 Å². The number of hydrogen-bond donors (Lipinski definition) is 0. The minimum atomic E-state index is 0.844. The van der Waals surface area contributed by atoms with E-state index in [0.717, 1.165) is 105 Å². The molecule has 3 heterocycles. The summed E-state index contributed by atoms with van der Waals surface area (Å²) in [7, 11) is 0. The van der Waals surface area contributed by atoms with Crippen molar-refractivity contribution in [3.63, 3.8) is 0 Å². The molecule has 71 heavy (non-hydrogen) atoms. The molecule has 0 radical (unpaired) electrons. The molecule has 15 aromatic rings. The first-order valence-electron chi connectivity index (χ1n) is 24.1. The molecular weight excluding hydrogens is 863 g/mol. The van der Waals surface area contributed by atoms with Crippen LogP contribution in [-0.4, -0.2) is 24.5 Å². The molecule has 3 aromatic heterocycles. The third-order valence-electron chi connectivity index (χ3n) is 14.6. The van der Waals surface area contributed by atoms with E-state index >= 15 is 0 Å². The summed E-state index contributed by atoms with van der Waals surface area (Å²) >= 11 is 0. The van der Waals surface area contributed by atoms with Crippen molar-refractivity contribution < 1.29 is 0 Å². The lowest BCUT2D eigenvalue weighted by molar-refractivity contribution is 1.20. The van der Waals surface area contributed by atoms with Gasteiger partial charge in [0.2, 0.25) is 0 Å². The standard InChI is InChI=1S/C66H39N5/c1-2-20-47-40(14-1)15-13-29-60(47)71-61-32-30-43(41-16-11-18-45(34-41)58-38-67-63-52-25-7-3-21-48(52)50-23-5-9-27-54(50)65(63)69-58)36-56(61)57-37-44(31-33-62(57)71)42-17-12-19-46(35-42)59-39-68-64-53-26-8-4-22-49(53)51-24-6-10-28-55(51)66(64)70-59/h1-39H. The number of fused-ring (bicyclic) bond motifs is 16. The molecule has 0 aliphatic carbocycles. The fourth-order valence-corrected chi connectivity index (χ4v) is 11.3. The molecule has 12 aromatic carbocycles. The van der Waals surface area contributed by atoms with Crippen molar-refractivity contribution in [2.45, 2.75) is 0 Å². The molecule has 0 amide bonds. The van der Waals surface area contributed by atoms with Gasteiger partial charge in [0.05, 0.1) is 62.6 Å². The van der Waals surface area contributed by atoms with E-state index < -0.39 is 0 Å². The second-order valence-electron chi connectivity index (χ2n) is 18.5. The molecule has 5 heteroatoms. The van der Waals surface area contributed by atoms with Crippen molar-refractivity contribution in [1.29, 1.82) is 0 Å².